The third-order valence-corrected chi connectivity index (χ3v) is 4.21. The number of likely N-dealkylation sites (tertiary alicyclic amines) is 1. The van der Waals surface area contributed by atoms with Crippen molar-refractivity contribution < 1.29 is 0 Å². The van der Waals surface area contributed by atoms with Gasteiger partial charge in [0, 0.05) is 12.6 Å². The molecule has 3 unspecified atom stereocenters. The molecule has 1 N–H and O–H groups in total. The molecule has 0 bridgehead atoms. The molecule has 2 nitrogen and oxygen atoms in total. The van der Waals surface area contributed by atoms with Gasteiger partial charge in [0.05, 0.1) is 0 Å². The van der Waals surface area contributed by atoms with E-state index in [0.29, 0.717) is 0 Å². The summed E-state index contributed by atoms with van der Waals surface area (Å²) in [5.41, 5.74) is 0. The van der Waals surface area contributed by atoms with Crippen LogP contribution in [0.1, 0.15) is 32.6 Å². The minimum absolute atomic E-state index is 0.916. The van der Waals surface area contributed by atoms with Crippen LogP contribution in [0.2, 0.25) is 0 Å². The molecule has 0 amide bonds. The first-order chi connectivity index (χ1) is 6.85. The topological polar surface area (TPSA) is 15.3 Å². The lowest BCUT2D eigenvalue weighted by molar-refractivity contribution is 0.0801. The molecular weight excluding hydrogens is 172 g/mol. The van der Waals surface area contributed by atoms with Gasteiger partial charge in [-0.1, -0.05) is 13.3 Å². The summed E-state index contributed by atoms with van der Waals surface area (Å²) in [6.07, 6.45) is 5.71. The van der Waals surface area contributed by atoms with Gasteiger partial charge in [0.1, 0.15) is 0 Å². The Hall–Kier alpha value is -0.0800. The zero-order chi connectivity index (χ0) is 9.97. The fraction of sp³-hybridized carbons (Fsp3) is 1.00. The summed E-state index contributed by atoms with van der Waals surface area (Å²) in [6.45, 7) is 6.29. The van der Waals surface area contributed by atoms with Crippen LogP contribution in [-0.2, 0) is 0 Å². The SMILES string of the molecule is CCC1CCN(C2CCC2CNC)C1. The van der Waals surface area contributed by atoms with Crippen molar-refractivity contribution in [2.75, 3.05) is 26.7 Å². The summed E-state index contributed by atoms with van der Waals surface area (Å²) in [5, 5.41) is 3.32. The van der Waals surface area contributed by atoms with Crippen LogP contribution in [0.4, 0.5) is 0 Å². The van der Waals surface area contributed by atoms with Crippen molar-refractivity contribution in [2.45, 2.75) is 38.6 Å². The Bertz CT molecular complexity index is 181. The van der Waals surface area contributed by atoms with Gasteiger partial charge in [0.2, 0.25) is 0 Å². The van der Waals surface area contributed by atoms with E-state index in [0.717, 1.165) is 17.9 Å². The molecule has 2 heteroatoms. The minimum Gasteiger partial charge on any atom is -0.319 e. The van der Waals surface area contributed by atoms with Crippen molar-refractivity contribution in [1.29, 1.82) is 0 Å². The van der Waals surface area contributed by atoms with Crippen LogP contribution >= 0.6 is 0 Å². The molecule has 1 saturated heterocycles. The molecule has 1 saturated carbocycles. The maximum absolute atomic E-state index is 3.32. The monoisotopic (exact) mass is 196 g/mol. The Kier molecular flexibility index (Phi) is 3.45. The molecule has 3 atom stereocenters. The summed E-state index contributed by atoms with van der Waals surface area (Å²) in [7, 11) is 2.08. The molecule has 0 aromatic heterocycles. The van der Waals surface area contributed by atoms with Gasteiger partial charge in [-0.2, -0.15) is 0 Å². The van der Waals surface area contributed by atoms with Crippen LogP contribution in [0, 0.1) is 11.8 Å². The summed E-state index contributed by atoms with van der Waals surface area (Å²) >= 11 is 0. The van der Waals surface area contributed by atoms with Crippen LogP contribution in [0.5, 0.6) is 0 Å². The van der Waals surface area contributed by atoms with Gasteiger partial charge in [0.25, 0.3) is 0 Å². The summed E-state index contributed by atoms with van der Waals surface area (Å²) < 4.78 is 0. The van der Waals surface area contributed by atoms with Crippen molar-refractivity contribution in [2.24, 2.45) is 11.8 Å². The second-order valence-corrected chi connectivity index (χ2v) is 5.02. The first-order valence-electron chi connectivity index (χ1n) is 6.23. The minimum atomic E-state index is 0.916. The maximum Gasteiger partial charge on any atom is 0.0136 e. The largest absolute Gasteiger partial charge is 0.319 e. The smallest absolute Gasteiger partial charge is 0.0136 e. The Morgan fingerprint density at radius 1 is 1.29 bits per heavy atom. The number of nitrogens with zero attached hydrogens (tertiary/aromatic N) is 1. The fourth-order valence-electron chi connectivity index (χ4n) is 3.03. The Balaban J connectivity index is 1.79. The van der Waals surface area contributed by atoms with Crippen molar-refractivity contribution in [3.63, 3.8) is 0 Å². The molecule has 1 aliphatic heterocycles. The summed E-state index contributed by atoms with van der Waals surface area (Å²) in [5.74, 6) is 1.93. The molecule has 2 fully saturated rings. The third kappa shape index (κ3) is 1.96. The van der Waals surface area contributed by atoms with E-state index in [2.05, 4.69) is 24.2 Å². The zero-order valence-electron chi connectivity index (χ0n) is 9.63. The quantitative estimate of drug-likeness (QED) is 0.736. The van der Waals surface area contributed by atoms with Crippen LogP contribution in [-0.4, -0.2) is 37.6 Å². The van der Waals surface area contributed by atoms with Gasteiger partial charge >= 0.3 is 0 Å². The average molecular weight is 196 g/mol. The summed E-state index contributed by atoms with van der Waals surface area (Å²) in [6, 6.07) is 0.916. The van der Waals surface area contributed by atoms with Gasteiger partial charge in [-0.25, -0.2) is 0 Å². The average Bonchev–Trinajstić information content (AvgIpc) is 2.61. The fourth-order valence-corrected chi connectivity index (χ4v) is 3.03. The third-order valence-electron chi connectivity index (χ3n) is 4.21. The maximum atomic E-state index is 3.32. The van der Waals surface area contributed by atoms with Gasteiger partial charge in [0.15, 0.2) is 0 Å². The normalized spacial score (nSPS) is 38.6. The highest BCUT2D eigenvalue weighted by atomic mass is 15.2. The Morgan fingerprint density at radius 2 is 2.14 bits per heavy atom. The highest BCUT2D eigenvalue weighted by Gasteiger charge is 2.37. The second-order valence-electron chi connectivity index (χ2n) is 5.02. The number of hydrogen-bond donors (Lipinski definition) is 1. The van der Waals surface area contributed by atoms with Gasteiger partial charge < -0.3 is 5.32 Å². The van der Waals surface area contributed by atoms with E-state index in [1.165, 1.54) is 45.3 Å². The zero-order valence-corrected chi connectivity index (χ0v) is 9.63. The Labute approximate surface area is 88.1 Å². The molecular formula is C12H24N2. The van der Waals surface area contributed by atoms with Crippen molar-refractivity contribution in [1.82, 2.24) is 10.2 Å². The highest BCUT2D eigenvalue weighted by Crippen LogP contribution is 2.35. The molecule has 0 spiro atoms. The van der Waals surface area contributed by atoms with E-state index in [1.807, 2.05) is 0 Å². The lowest BCUT2D eigenvalue weighted by atomic mass is 9.78. The highest BCUT2D eigenvalue weighted by molar-refractivity contribution is 4.92. The number of nitrogens with one attached hydrogen (secondary N) is 1. The predicted octanol–water partition coefficient (Wildman–Crippen LogP) is 1.72. The van der Waals surface area contributed by atoms with E-state index >= 15 is 0 Å². The first-order valence-corrected chi connectivity index (χ1v) is 6.23. The van der Waals surface area contributed by atoms with E-state index < -0.39 is 0 Å². The van der Waals surface area contributed by atoms with Crippen molar-refractivity contribution in [3.05, 3.63) is 0 Å². The van der Waals surface area contributed by atoms with E-state index in [9.17, 15) is 0 Å². The van der Waals surface area contributed by atoms with Crippen LogP contribution in [0.15, 0.2) is 0 Å². The lowest BCUT2D eigenvalue weighted by Gasteiger charge is -2.43. The first kappa shape index (κ1) is 10.4. The van der Waals surface area contributed by atoms with E-state index in [4.69, 9.17) is 0 Å². The number of rotatable bonds is 4. The second kappa shape index (κ2) is 4.63. The Morgan fingerprint density at radius 3 is 2.64 bits per heavy atom. The van der Waals surface area contributed by atoms with Gasteiger partial charge in [-0.15, -0.1) is 0 Å². The molecule has 1 aliphatic carbocycles. The molecule has 2 aliphatic rings. The van der Waals surface area contributed by atoms with Gasteiger partial charge in [-0.3, -0.25) is 4.90 Å². The standard InChI is InChI=1S/C12H24N2/c1-3-10-6-7-14(9-10)12-5-4-11(12)8-13-2/h10-13H,3-9H2,1-2H3. The lowest BCUT2D eigenvalue weighted by Crippen LogP contribution is -2.49. The molecule has 2 rings (SSSR count). The molecule has 0 radical (unpaired) electrons. The molecule has 0 aromatic carbocycles. The number of hydrogen-bond acceptors (Lipinski definition) is 2. The molecule has 1 heterocycles. The molecule has 14 heavy (non-hydrogen) atoms. The van der Waals surface area contributed by atoms with E-state index in [-0.39, 0.29) is 0 Å². The van der Waals surface area contributed by atoms with Crippen LogP contribution in [0.25, 0.3) is 0 Å². The molecule has 82 valence electrons. The van der Waals surface area contributed by atoms with Crippen molar-refractivity contribution in [3.8, 4) is 0 Å². The van der Waals surface area contributed by atoms with Crippen molar-refractivity contribution >= 4 is 0 Å². The van der Waals surface area contributed by atoms with E-state index in [1.54, 1.807) is 0 Å². The van der Waals surface area contributed by atoms with Crippen LogP contribution < -0.4 is 5.32 Å². The molecule has 0 aromatic rings. The summed E-state index contributed by atoms with van der Waals surface area (Å²) in [4.78, 5) is 2.75. The predicted molar refractivity (Wildman–Crippen MR) is 60.4 cm³/mol. The van der Waals surface area contributed by atoms with Gasteiger partial charge in [-0.05, 0) is 51.2 Å². The van der Waals surface area contributed by atoms with Crippen LogP contribution in [0.3, 0.4) is 0 Å².